The predicted octanol–water partition coefficient (Wildman–Crippen LogP) is 1.72. The number of sulfone groups is 1. The highest BCUT2D eigenvalue weighted by molar-refractivity contribution is 7.91. The molecule has 1 fully saturated rings. The number of hydrogen-bond donors (Lipinski definition) is 2. The molecule has 0 bridgehead atoms. The van der Waals surface area contributed by atoms with Crippen LogP contribution in [0.4, 0.5) is 5.82 Å². The first kappa shape index (κ1) is 15.8. The normalized spacial score (nSPS) is 20.9. The summed E-state index contributed by atoms with van der Waals surface area (Å²) < 4.78 is 23.3. The molecule has 1 unspecified atom stereocenters. The Balaban J connectivity index is 2.20. The predicted molar refractivity (Wildman–Crippen MR) is 80.5 cm³/mol. The molecule has 116 valence electrons. The second kappa shape index (κ2) is 6.43. The molecule has 1 aliphatic rings. The van der Waals surface area contributed by atoms with Gasteiger partial charge in [0.1, 0.15) is 5.82 Å². The number of aryl methyl sites for hydroxylation is 1. The van der Waals surface area contributed by atoms with Gasteiger partial charge in [0.05, 0.1) is 17.1 Å². The van der Waals surface area contributed by atoms with Crippen LogP contribution in [0, 0.1) is 0 Å². The van der Waals surface area contributed by atoms with Crippen LogP contribution in [-0.4, -0.2) is 42.0 Å². The smallest absolute Gasteiger partial charge is 0.335 e. The Bertz CT molecular complexity index is 628. The summed E-state index contributed by atoms with van der Waals surface area (Å²) in [4.78, 5) is 15.5. The maximum absolute atomic E-state index is 11.6. The molecule has 0 aromatic carbocycles. The van der Waals surface area contributed by atoms with Gasteiger partial charge in [-0.3, -0.25) is 0 Å². The third kappa shape index (κ3) is 4.42. The summed E-state index contributed by atoms with van der Waals surface area (Å²) in [7, 11) is -3.01. The van der Waals surface area contributed by atoms with Crippen LogP contribution < -0.4 is 5.32 Å². The van der Waals surface area contributed by atoms with Crippen molar-refractivity contribution < 1.29 is 18.3 Å². The largest absolute Gasteiger partial charge is 0.478 e. The van der Waals surface area contributed by atoms with E-state index in [1.54, 1.807) is 6.07 Å². The van der Waals surface area contributed by atoms with Gasteiger partial charge >= 0.3 is 5.97 Å². The van der Waals surface area contributed by atoms with Crippen LogP contribution in [0.15, 0.2) is 12.1 Å². The number of hydrogen-bond acceptors (Lipinski definition) is 5. The van der Waals surface area contributed by atoms with Gasteiger partial charge in [-0.05, 0) is 31.4 Å². The Morgan fingerprint density at radius 2 is 2.24 bits per heavy atom. The number of carboxylic acids is 1. The summed E-state index contributed by atoms with van der Waals surface area (Å²) in [6.45, 7) is 2.00. The molecule has 1 aromatic heterocycles. The Labute approximate surface area is 124 Å². The number of nitrogens with one attached hydrogen (secondary N) is 1. The van der Waals surface area contributed by atoms with Gasteiger partial charge in [-0.15, -0.1) is 0 Å². The lowest BCUT2D eigenvalue weighted by molar-refractivity contribution is 0.0696. The molecule has 1 saturated heterocycles. The van der Waals surface area contributed by atoms with Gasteiger partial charge in [-0.25, -0.2) is 18.2 Å². The van der Waals surface area contributed by atoms with Crippen molar-refractivity contribution in [1.29, 1.82) is 0 Å². The van der Waals surface area contributed by atoms with Crippen LogP contribution in [0.3, 0.4) is 0 Å². The molecule has 2 rings (SSSR count). The summed E-state index contributed by atoms with van der Waals surface area (Å²) in [5.74, 6) is -0.251. The van der Waals surface area contributed by atoms with E-state index in [0.29, 0.717) is 24.4 Å². The second-order valence-electron chi connectivity index (χ2n) is 5.39. The number of carboxylic acid groups (broad SMARTS) is 1. The minimum Gasteiger partial charge on any atom is -0.478 e. The van der Waals surface area contributed by atoms with E-state index in [4.69, 9.17) is 5.11 Å². The molecule has 0 amide bonds. The number of anilines is 1. The van der Waals surface area contributed by atoms with Crippen molar-refractivity contribution in [1.82, 2.24) is 4.98 Å². The summed E-state index contributed by atoms with van der Waals surface area (Å²) in [5, 5.41) is 12.2. The van der Waals surface area contributed by atoms with Gasteiger partial charge in [0, 0.05) is 11.7 Å². The van der Waals surface area contributed by atoms with E-state index in [9.17, 15) is 13.2 Å². The van der Waals surface area contributed by atoms with Crippen LogP contribution in [0.5, 0.6) is 0 Å². The maximum atomic E-state index is 11.6. The van der Waals surface area contributed by atoms with E-state index in [1.165, 1.54) is 6.07 Å². The average molecular weight is 312 g/mol. The van der Waals surface area contributed by atoms with E-state index in [-0.39, 0.29) is 23.1 Å². The fourth-order valence-electron chi connectivity index (χ4n) is 2.52. The molecule has 2 heterocycles. The maximum Gasteiger partial charge on any atom is 0.335 e. The fraction of sp³-hybridized carbons (Fsp3) is 0.571. The summed E-state index contributed by atoms with van der Waals surface area (Å²) >= 11 is 0. The standard InChI is InChI=1S/C14H20N2O4S/c1-2-4-11-7-10(14(17)18)8-13(15-11)16-12-5-3-6-21(19,20)9-12/h7-8,12H,2-6,9H2,1H3,(H,15,16)(H,17,18). The molecule has 0 spiro atoms. The lowest BCUT2D eigenvalue weighted by Crippen LogP contribution is -2.35. The average Bonchev–Trinajstić information content (AvgIpc) is 2.37. The van der Waals surface area contributed by atoms with Gasteiger partial charge < -0.3 is 10.4 Å². The summed E-state index contributed by atoms with van der Waals surface area (Å²) in [5.41, 5.74) is 0.883. The molecule has 21 heavy (non-hydrogen) atoms. The van der Waals surface area contributed by atoms with Crippen LogP contribution in [0.2, 0.25) is 0 Å². The highest BCUT2D eigenvalue weighted by Gasteiger charge is 2.25. The van der Waals surface area contributed by atoms with Crippen molar-refractivity contribution in [2.75, 3.05) is 16.8 Å². The van der Waals surface area contributed by atoms with Crippen molar-refractivity contribution in [3.05, 3.63) is 23.4 Å². The van der Waals surface area contributed by atoms with Gasteiger partial charge in [0.15, 0.2) is 9.84 Å². The monoisotopic (exact) mass is 312 g/mol. The van der Waals surface area contributed by atoms with Crippen LogP contribution in [0.25, 0.3) is 0 Å². The van der Waals surface area contributed by atoms with E-state index < -0.39 is 15.8 Å². The molecule has 1 aromatic rings. The van der Waals surface area contributed by atoms with E-state index in [1.807, 2.05) is 6.92 Å². The van der Waals surface area contributed by atoms with Crippen LogP contribution in [0.1, 0.15) is 42.2 Å². The Hall–Kier alpha value is -1.63. The molecule has 2 N–H and O–H groups in total. The molecule has 7 heteroatoms. The zero-order chi connectivity index (χ0) is 15.5. The third-order valence-electron chi connectivity index (χ3n) is 3.45. The zero-order valence-corrected chi connectivity index (χ0v) is 12.8. The van der Waals surface area contributed by atoms with E-state index in [0.717, 1.165) is 12.8 Å². The van der Waals surface area contributed by atoms with Crippen molar-refractivity contribution >= 4 is 21.6 Å². The summed E-state index contributed by atoms with van der Waals surface area (Å²) in [6, 6.07) is 2.83. The number of rotatable bonds is 5. The quantitative estimate of drug-likeness (QED) is 0.859. The molecule has 6 nitrogen and oxygen atoms in total. The van der Waals surface area contributed by atoms with Crippen LogP contribution >= 0.6 is 0 Å². The van der Waals surface area contributed by atoms with Crippen LogP contribution in [-0.2, 0) is 16.3 Å². The van der Waals surface area contributed by atoms with E-state index in [2.05, 4.69) is 10.3 Å². The Kier molecular flexibility index (Phi) is 4.82. The lowest BCUT2D eigenvalue weighted by Gasteiger charge is -2.23. The fourth-order valence-corrected chi connectivity index (χ4v) is 4.15. The zero-order valence-electron chi connectivity index (χ0n) is 12.0. The minimum absolute atomic E-state index is 0.0785. The number of aromatic nitrogens is 1. The first-order valence-electron chi connectivity index (χ1n) is 7.11. The molecule has 0 aliphatic carbocycles. The van der Waals surface area contributed by atoms with E-state index >= 15 is 0 Å². The van der Waals surface area contributed by atoms with Crippen molar-refractivity contribution in [3.63, 3.8) is 0 Å². The minimum atomic E-state index is -3.01. The topological polar surface area (TPSA) is 96.4 Å². The Morgan fingerprint density at radius 3 is 2.86 bits per heavy atom. The Morgan fingerprint density at radius 1 is 1.48 bits per heavy atom. The first-order valence-corrected chi connectivity index (χ1v) is 8.93. The highest BCUT2D eigenvalue weighted by atomic mass is 32.2. The van der Waals surface area contributed by atoms with Gasteiger partial charge in [0.25, 0.3) is 0 Å². The second-order valence-corrected chi connectivity index (χ2v) is 7.61. The van der Waals surface area contributed by atoms with Gasteiger partial charge in [0.2, 0.25) is 0 Å². The lowest BCUT2D eigenvalue weighted by atomic mass is 10.1. The number of pyridine rings is 1. The summed E-state index contributed by atoms with van der Waals surface area (Å²) in [6.07, 6.45) is 2.94. The van der Waals surface area contributed by atoms with Crippen molar-refractivity contribution in [3.8, 4) is 0 Å². The molecular formula is C14H20N2O4S. The number of aromatic carboxylic acids is 1. The SMILES string of the molecule is CCCc1cc(C(=O)O)cc(NC2CCCS(=O)(=O)C2)n1. The number of carbonyl (C=O) groups is 1. The van der Waals surface area contributed by atoms with Crippen molar-refractivity contribution in [2.45, 2.75) is 38.6 Å². The van der Waals surface area contributed by atoms with Gasteiger partial charge in [-0.1, -0.05) is 13.3 Å². The highest BCUT2D eigenvalue weighted by Crippen LogP contribution is 2.18. The molecular weight excluding hydrogens is 292 g/mol. The van der Waals surface area contributed by atoms with Gasteiger partial charge in [-0.2, -0.15) is 0 Å². The van der Waals surface area contributed by atoms with Crippen molar-refractivity contribution in [2.24, 2.45) is 0 Å². The first-order chi connectivity index (χ1) is 9.89. The molecule has 0 radical (unpaired) electrons. The number of nitrogens with zero attached hydrogens (tertiary/aromatic N) is 1. The molecule has 0 saturated carbocycles. The third-order valence-corrected chi connectivity index (χ3v) is 5.27. The molecule has 1 atom stereocenters. The molecule has 1 aliphatic heterocycles.